The second kappa shape index (κ2) is 5.01. The Kier molecular flexibility index (Phi) is 3.05. The Bertz CT molecular complexity index is 850. The van der Waals surface area contributed by atoms with Gasteiger partial charge in [-0.25, -0.2) is 0 Å². The predicted octanol–water partition coefficient (Wildman–Crippen LogP) is 2.71. The number of nitrogens with two attached hydrogens (primary N) is 1. The van der Waals surface area contributed by atoms with Crippen molar-refractivity contribution in [3.05, 3.63) is 72.7 Å². The number of para-hydroxylation sites is 1. The molecule has 2 aromatic heterocycles. The van der Waals surface area contributed by atoms with Crippen molar-refractivity contribution >= 4 is 22.3 Å². The van der Waals surface area contributed by atoms with Crippen molar-refractivity contribution in [3.63, 3.8) is 0 Å². The molecule has 0 saturated heterocycles. The Labute approximate surface area is 115 Å². The first kappa shape index (κ1) is 12.2. The van der Waals surface area contributed by atoms with Crippen LogP contribution < -0.4 is 5.73 Å². The summed E-state index contributed by atoms with van der Waals surface area (Å²) in [7, 11) is 0. The Morgan fingerprint density at radius 3 is 2.70 bits per heavy atom. The van der Waals surface area contributed by atoms with Crippen molar-refractivity contribution in [2.24, 2.45) is 5.73 Å². The molecule has 3 aromatic rings. The maximum absolute atomic E-state index is 11.2. The van der Waals surface area contributed by atoms with Gasteiger partial charge in [0.25, 0.3) is 0 Å². The Morgan fingerprint density at radius 2 is 1.85 bits per heavy atom. The summed E-state index contributed by atoms with van der Waals surface area (Å²) in [6, 6.07) is 15.3. The van der Waals surface area contributed by atoms with Gasteiger partial charge >= 0.3 is 0 Å². The number of hydrogen-bond acceptors (Lipinski definition) is 2. The van der Waals surface area contributed by atoms with Crippen LogP contribution in [0.1, 0.15) is 10.4 Å². The number of rotatable bonds is 1. The highest BCUT2D eigenvalue weighted by molar-refractivity contribution is 5.92. The lowest BCUT2D eigenvalue weighted by Crippen LogP contribution is -2.11. The molecular weight excluding hydrogens is 250 g/mol. The van der Waals surface area contributed by atoms with Crippen LogP contribution in [0.15, 0.2) is 67.1 Å². The van der Waals surface area contributed by atoms with Gasteiger partial charge in [0.05, 0.1) is 22.8 Å². The van der Waals surface area contributed by atoms with E-state index in [9.17, 15) is 4.79 Å². The lowest BCUT2D eigenvalue weighted by atomic mass is 10.2. The van der Waals surface area contributed by atoms with Crippen molar-refractivity contribution in [1.29, 1.82) is 0 Å². The molecule has 0 unspecified atom stereocenters. The van der Waals surface area contributed by atoms with Crippen molar-refractivity contribution in [1.82, 2.24) is 9.38 Å². The fraction of sp³-hybridized carbons (Fsp3) is 0. The molecule has 3 rings (SSSR count). The van der Waals surface area contributed by atoms with Gasteiger partial charge < -0.3 is 10.1 Å². The lowest BCUT2D eigenvalue weighted by molar-refractivity contribution is 0.1000. The van der Waals surface area contributed by atoms with Crippen LogP contribution in [0.3, 0.4) is 0 Å². The van der Waals surface area contributed by atoms with Crippen LogP contribution in [0.25, 0.3) is 16.4 Å². The van der Waals surface area contributed by atoms with E-state index in [2.05, 4.69) is 4.98 Å². The molecule has 4 nitrogen and oxygen atoms in total. The third-order valence-corrected chi connectivity index (χ3v) is 3.09. The Morgan fingerprint density at radius 1 is 1.05 bits per heavy atom. The third kappa shape index (κ3) is 2.31. The minimum absolute atomic E-state index is 0.447. The highest BCUT2D eigenvalue weighted by Crippen LogP contribution is 2.09. The molecule has 0 fully saturated rings. The third-order valence-electron chi connectivity index (χ3n) is 3.09. The zero-order valence-electron chi connectivity index (χ0n) is 10.7. The van der Waals surface area contributed by atoms with Crippen molar-refractivity contribution < 1.29 is 4.79 Å². The average molecular weight is 263 g/mol. The highest BCUT2D eigenvalue weighted by atomic mass is 16.1. The molecule has 1 amide bonds. The predicted molar refractivity (Wildman–Crippen MR) is 78.8 cm³/mol. The second-order valence-corrected chi connectivity index (χ2v) is 4.44. The van der Waals surface area contributed by atoms with Crippen molar-refractivity contribution in [3.8, 4) is 0 Å². The van der Waals surface area contributed by atoms with Crippen LogP contribution in [0.5, 0.6) is 0 Å². The molecule has 1 aromatic carbocycles. The van der Waals surface area contributed by atoms with E-state index in [1.807, 2.05) is 53.1 Å². The molecule has 0 bridgehead atoms. The molecule has 0 aliphatic heterocycles. The van der Waals surface area contributed by atoms with E-state index >= 15 is 0 Å². The second-order valence-electron chi connectivity index (χ2n) is 4.44. The quantitative estimate of drug-likeness (QED) is 0.733. The van der Waals surface area contributed by atoms with Crippen LogP contribution in [-0.2, 0) is 0 Å². The summed E-state index contributed by atoms with van der Waals surface area (Å²) in [5.41, 5.74) is 7.54. The van der Waals surface area contributed by atoms with Gasteiger partial charge in [0.1, 0.15) is 0 Å². The summed E-state index contributed by atoms with van der Waals surface area (Å²) in [6.45, 7) is 0. The van der Waals surface area contributed by atoms with Crippen LogP contribution in [0.4, 0.5) is 0 Å². The number of carbonyl (C=O) groups excluding carboxylic acids is 1. The summed E-state index contributed by atoms with van der Waals surface area (Å²) in [6.07, 6.45) is 5.34. The van der Waals surface area contributed by atoms with Gasteiger partial charge in [-0.3, -0.25) is 9.78 Å². The van der Waals surface area contributed by atoms with Crippen LogP contribution in [0, 0.1) is 0 Å². The molecule has 0 aliphatic carbocycles. The van der Waals surface area contributed by atoms with Crippen molar-refractivity contribution in [2.45, 2.75) is 0 Å². The Hall–Kier alpha value is -2.88. The number of carbonyl (C=O) groups is 1. The average Bonchev–Trinajstić information content (AvgIpc) is 2.55. The molecule has 0 spiro atoms. The summed E-state index contributed by atoms with van der Waals surface area (Å²) in [5, 5.41) is 1.04. The van der Waals surface area contributed by atoms with Crippen LogP contribution in [-0.4, -0.2) is 15.3 Å². The largest absolute Gasteiger partial charge is 0.366 e. The fourth-order valence-corrected chi connectivity index (χ4v) is 2.03. The fourth-order valence-electron chi connectivity index (χ4n) is 2.03. The van der Waals surface area contributed by atoms with Gasteiger partial charge in [0, 0.05) is 17.8 Å². The highest BCUT2D eigenvalue weighted by Gasteiger charge is 1.99. The number of hydrogen-bond donors (Lipinski definition) is 1. The summed E-state index contributed by atoms with van der Waals surface area (Å²) in [5.74, 6) is -0.447. The molecule has 0 saturated carbocycles. The van der Waals surface area contributed by atoms with Crippen LogP contribution in [0.2, 0.25) is 0 Å². The van der Waals surface area contributed by atoms with Gasteiger partial charge in [0.15, 0.2) is 0 Å². The van der Waals surface area contributed by atoms with E-state index in [0.717, 1.165) is 16.4 Å². The molecule has 20 heavy (non-hydrogen) atoms. The van der Waals surface area contributed by atoms with E-state index in [0.29, 0.717) is 5.56 Å². The molecule has 98 valence electrons. The number of pyridine rings is 1. The number of amides is 1. The number of primary amides is 1. The lowest BCUT2D eigenvalue weighted by Gasteiger charge is -1.99. The van der Waals surface area contributed by atoms with E-state index in [4.69, 9.17) is 5.73 Å². The topological polar surface area (TPSA) is 60.4 Å². The van der Waals surface area contributed by atoms with E-state index in [1.165, 1.54) is 0 Å². The molecule has 2 N–H and O–H groups in total. The summed E-state index contributed by atoms with van der Waals surface area (Å²) < 4.78 is 1.83. The standard InChI is InChI=1S/C16H13N3O/c17-16(20)13-7-8-14-10-18-15-6-2-1-4-12(15)5-3-9-19(14)11-13/h1-11H,(H2,17,20). The SMILES string of the molecule is NC(=O)c1ccc2cnc3ccccc3cccn2c1. The molecule has 0 aliphatic rings. The van der Waals surface area contributed by atoms with Gasteiger partial charge in [0.2, 0.25) is 5.91 Å². The summed E-state index contributed by atoms with van der Waals surface area (Å²) in [4.78, 5) is 15.7. The molecule has 0 atom stereocenters. The van der Waals surface area contributed by atoms with E-state index < -0.39 is 5.91 Å². The van der Waals surface area contributed by atoms with E-state index in [1.54, 1.807) is 18.5 Å². The number of aromatic nitrogens is 2. The zero-order valence-corrected chi connectivity index (χ0v) is 10.7. The van der Waals surface area contributed by atoms with Gasteiger partial charge in [-0.2, -0.15) is 0 Å². The minimum Gasteiger partial charge on any atom is -0.366 e. The normalized spacial score (nSPS) is 10.4. The minimum atomic E-state index is -0.447. The Balaban J connectivity index is 2.35. The molecule has 2 heterocycles. The van der Waals surface area contributed by atoms with Gasteiger partial charge in [-0.05, 0) is 24.3 Å². The van der Waals surface area contributed by atoms with E-state index in [-0.39, 0.29) is 0 Å². The first-order valence-corrected chi connectivity index (χ1v) is 6.24. The number of nitrogens with zero attached hydrogens (tertiary/aromatic N) is 2. The zero-order chi connectivity index (χ0) is 13.9. The van der Waals surface area contributed by atoms with Gasteiger partial charge in [-0.15, -0.1) is 0 Å². The number of benzene rings is 1. The van der Waals surface area contributed by atoms with Crippen molar-refractivity contribution in [2.75, 3.05) is 0 Å². The summed E-state index contributed by atoms with van der Waals surface area (Å²) >= 11 is 0. The first-order chi connectivity index (χ1) is 9.74. The smallest absolute Gasteiger partial charge is 0.250 e. The molecule has 0 radical (unpaired) electrons. The molecule has 4 heteroatoms. The van der Waals surface area contributed by atoms with Crippen LogP contribution >= 0.6 is 0 Å². The molecular formula is C16H13N3O. The van der Waals surface area contributed by atoms with Gasteiger partial charge in [-0.1, -0.05) is 24.3 Å². The maximum atomic E-state index is 11.2. The maximum Gasteiger partial charge on any atom is 0.250 e. The number of fused-ring (bicyclic) bond motifs is 2. The monoisotopic (exact) mass is 263 g/mol. The first-order valence-electron chi connectivity index (χ1n) is 6.24.